The molecule has 0 aliphatic heterocycles. The maximum atomic E-state index is 13.8. The molecule has 0 saturated carbocycles. The van der Waals surface area contributed by atoms with Crippen LogP contribution in [0.2, 0.25) is 0 Å². The number of nitrogens with one attached hydrogen (secondary N) is 2. The van der Waals surface area contributed by atoms with Crippen molar-refractivity contribution < 1.29 is 9.18 Å². The summed E-state index contributed by atoms with van der Waals surface area (Å²) in [5, 5.41) is 5.85. The number of amides is 1. The Hall–Kier alpha value is -1.58. The highest BCUT2D eigenvalue weighted by atomic mass is 19.1. The molecule has 0 spiro atoms. The molecule has 2 N–H and O–H groups in total. The van der Waals surface area contributed by atoms with Crippen molar-refractivity contribution in [2.45, 2.75) is 65.3 Å². The van der Waals surface area contributed by atoms with E-state index in [2.05, 4.69) is 24.5 Å². The van der Waals surface area contributed by atoms with Crippen LogP contribution in [0.3, 0.4) is 0 Å². The van der Waals surface area contributed by atoms with Gasteiger partial charge in [0.25, 0.3) is 0 Å². The van der Waals surface area contributed by atoms with Gasteiger partial charge in [-0.15, -0.1) is 0 Å². The number of anilines is 2. The van der Waals surface area contributed by atoms with E-state index in [4.69, 9.17) is 0 Å². The second kappa shape index (κ2) is 9.37. The van der Waals surface area contributed by atoms with Crippen LogP contribution in [0.4, 0.5) is 15.8 Å². The number of unbranched alkanes of at least 4 members (excludes halogenated alkanes) is 4. The van der Waals surface area contributed by atoms with Crippen molar-refractivity contribution in [3.05, 3.63) is 24.0 Å². The van der Waals surface area contributed by atoms with Gasteiger partial charge in [0, 0.05) is 18.7 Å². The molecule has 0 heterocycles. The lowest BCUT2D eigenvalue weighted by Gasteiger charge is -2.16. The summed E-state index contributed by atoms with van der Waals surface area (Å²) >= 11 is 0. The molecule has 1 amide bonds. The highest BCUT2D eigenvalue weighted by Gasteiger charge is 2.08. The standard InChI is InChI=1S/C17H27FN2O/c1-4-5-6-7-8-9-13(2)19-17-12-15(20-14(3)21)10-11-16(17)18/h10-13,19H,4-9H2,1-3H3,(H,20,21). The molecule has 0 aliphatic rings. The average Bonchev–Trinajstić information content (AvgIpc) is 2.42. The van der Waals surface area contributed by atoms with Crippen LogP contribution in [-0.2, 0) is 4.79 Å². The Morgan fingerprint density at radius 3 is 2.62 bits per heavy atom. The normalized spacial score (nSPS) is 12.0. The second-order valence-corrected chi connectivity index (χ2v) is 5.62. The predicted molar refractivity (Wildman–Crippen MR) is 87.2 cm³/mol. The summed E-state index contributed by atoms with van der Waals surface area (Å²) in [7, 11) is 0. The van der Waals surface area contributed by atoms with Crippen LogP contribution in [0.25, 0.3) is 0 Å². The summed E-state index contributed by atoms with van der Waals surface area (Å²) in [6.45, 7) is 5.70. The molecule has 1 atom stereocenters. The Bertz CT molecular complexity index is 448. The molecule has 0 bridgehead atoms. The summed E-state index contributed by atoms with van der Waals surface area (Å²) in [5.74, 6) is -0.446. The lowest BCUT2D eigenvalue weighted by molar-refractivity contribution is -0.114. The Balaban J connectivity index is 2.46. The molecule has 0 fully saturated rings. The zero-order valence-electron chi connectivity index (χ0n) is 13.3. The van der Waals surface area contributed by atoms with Crippen LogP contribution in [0, 0.1) is 5.82 Å². The summed E-state index contributed by atoms with van der Waals surface area (Å²) in [4.78, 5) is 11.0. The first-order valence-electron chi connectivity index (χ1n) is 7.86. The molecule has 0 radical (unpaired) electrons. The van der Waals surface area contributed by atoms with Gasteiger partial charge in [-0.05, 0) is 31.5 Å². The molecule has 118 valence electrons. The number of benzene rings is 1. The number of halogens is 1. The van der Waals surface area contributed by atoms with Gasteiger partial charge >= 0.3 is 0 Å². The molecule has 4 heteroatoms. The van der Waals surface area contributed by atoms with Crippen molar-refractivity contribution >= 4 is 17.3 Å². The maximum Gasteiger partial charge on any atom is 0.221 e. The van der Waals surface area contributed by atoms with E-state index in [1.165, 1.54) is 38.7 Å². The van der Waals surface area contributed by atoms with Gasteiger partial charge in [-0.1, -0.05) is 39.0 Å². The first kappa shape index (κ1) is 17.5. The van der Waals surface area contributed by atoms with Crippen molar-refractivity contribution in [3.63, 3.8) is 0 Å². The predicted octanol–water partition coefficient (Wildman–Crippen LogP) is 4.95. The lowest BCUT2D eigenvalue weighted by atomic mass is 10.1. The van der Waals surface area contributed by atoms with E-state index in [0.29, 0.717) is 11.4 Å². The molecule has 1 unspecified atom stereocenters. The minimum absolute atomic E-state index is 0.156. The first-order chi connectivity index (χ1) is 10.0. The molecule has 3 nitrogen and oxygen atoms in total. The fourth-order valence-corrected chi connectivity index (χ4v) is 2.31. The van der Waals surface area contributed by atoms with E-state index in [1.807, 2.05) is 0 Å². The number of carbonyl (C=O) groups is 1. The zero-order chi connectivity index (χ0) is 15.7. The van der Waals surface area contributed by atoms with Gasteiger partial charge in [-0.25, -0.2) is 4.39 Å². The van der Waals surface area contributed by atoms with Crippen LogP contribution in [0.15, 0.2) is 18.2 Å². The number of hydrogen-bond donors (Lipinski definition) is 2. The Labute approximate surface area is 127 Å². The summed E-state index contributed by atoms with van der Waals surface area (Å²) in [6, 6.07) is 4.80. The third-order valence-electron chi connectivity index (χ3n) is 3.43. The highest BCUT2D eigenvalue weighted by molar-refractivity contribution is 5.89. The van der Waals surface area contributed by atoms with Gasteiger partial charge < -0.3 is 10.6 Å². The Kier molecular flexibility index (Phi) is 7.80. The Morgan fingerprint density at radius 1 is 1.24 bits per heavy atom. The van der Waals surface area contributed by atoms with Crippen molar-refractivity contribution in [3.8, 4) is 0 Å². The minimum Gasteiger partial charge on any atom is -0.380 e. The Morgan fingerprint density at radius 2 is 1.95 bits per heavy atom. The van der Waals surface area contributed by atoms with Crippen molar-refractivity contribution in [2.75, 3.05) is 10.6 Å². The molecule has 1 rings (SSSR count). The van der Waals surface area contributed by atoms with E-state index in [0.717, 1.165) is 12.8 Å². The van der Waals surface area contributed by atoms with Gasteiger partial charge in [0.2, 0.25) is 5.91 Å². The van der Waals surface area contributed by atoms with Crippen molar-refractivity contribution in [2.24, 2.45) is 0 Å². The van der Waals surface area contributed by atoms with Gasteiger partial charge in [0.05, 0.1) is 5.69 Å². The van der Waals surface area contributed by atoms with E-state index < -0.39 is 0 Å². The summed E-state index contributed by atoms with van der Waals surface area (Å²) in [6.07, 6.45) is 7.21. The topological polar surface area (TPSA) is 41.1 Å². The van der Waals surface area contributed by atoms with Gasteiger partial charge in [-0.3, -0.25) is 4.79 Å². The van der Waals surface area contributed by atoms with Crippen LogP contribution in [0.1, 0.15) is 59.3 Å². The SMILES string of the molecule is CCCCCCCC(C)Nc1cc(NC(C)=O)ccc1F. The molecule has 0 saturated heterocycles. The molecule has 21 heavy (non-hydrogen) atoms. The molecule has 1 aromatic carbocycles. The van der Waals surface area contributed by atoms with Crippen LogP contribution in [-0.4, -0.2) is 11.9 Å². The average molecular weight is 294 g/mol. The highest BCUT2D eigenvalue weighted by Crippen LogP contribution is 2.21. The molecule has 0 aliphatic carbocycles. The maximum absolute atomic E-state index is 13.8. The van der Waals surface area contributed by atoms with Crippen molar-refractivity contribution in [1.29, 1.82) is 0 Å². The minimum atomic E-state index is -0.290. The largest absolute Gasteiger partial charge is 0.380 e. The van der Waals surface area contributed by atoms with E-state index in [9.17, 15) is 9.18 Å². The second-order valence-electron chi connectivity index (χ2n) is 5.62. The smallest absolute Gasteiger partial charge is 0.221 e. The third kappa shape index (κ3) is 7.11. The van der Waals surface area contributed by atoms with Crippen LogP contribution in [0.5, 0.6) is 0 Å². The molecular formula is C17H27FN2O. The number of hydrogen-bond acceptors (Lipinski definition) is 2. The molecule has 1 aromatic rings. The van der Waals surface area contributed by atoms with E-state index in [1.54, 1.807) is 12.1 Å². The molecule has 0 aromatic heterocycles. The fourth-order valence-electron chi connectivity index (χ4n) is 2.31. The fraction of sp³-hybridized carbons (Fsp3) is 0.588. The number of rotatable bonds is 9. The number of carbonyl (C=O) groups excluding carboxylic acids is 1. The zero-order valence-corrected chi connectivity index (χ0v) is 13.3. The van der Waals surface area contributed by atoms with Gasteiger partial charge in [-0.2, -0.15) is 0 Å². The molecular weight excluding hydrogens is 267 g/mol. The third-order valence-corrected chi connectivity index (χ3v) is 3.43. The van der Waals surface area contributed by atoms with E-state index >= 15 is 0 Å². The van der Waals surface area contributed by atoms with Crippen LogP contribution >= 0.6 is 0 Å². The monoisotopic (exact) mass is 294 g/mol. The summed E-state index contributed by atoms with van der Waals surface area (Å²) < 4.78 is 13.8. The van der Waals surface area contributed by atoms with Crippen LogP contribution < -0.4 is 10.6 Å². The summed E-state index contributed by atoms with van der Waals surface area (Å²) in [5.41, 5.74) is 1.06. The first-order valence-corrected chi connectivity index (χ1v) is 7.86. The van der Waals surface area contributed by atoms with Gasteiger partial charge in [0.15, 0.2) is 0 Å². The lowest BCUT2D eigenvalue weighted by Crippen LogP contribution is -2.16. The van der Waals surface area contributed by atoms with Gasteiger partial charge in [0.1, 0.15) is 5.82 Å². The van der Waals surface area contributed by atoms with E-state index in [-0.39, 0.29) is 17.8 Å². The quantitative estimate of drug-likeness (QED) is 0.633. The van der Waals surface area contributed by atoms with Crippen molar-refractivity contribution in [1.82, 2.24) is 0 Å².